The lowest BCUT2D eigenvalue weighted by Gasteiger charge is -2.23. The number of nitrogens with zero attached hydrogens (tertiary/aromatic N) is 3. The smallest absolute Gasteiger partial charge is 0.244 e. The summed E-state index contributed by atoms with van der Waals surface area (Å²) in [6, 6.07) is 14.0. The molecule has 1 N–H and O–H groups in total. The van der Waals surface area contributed by atoms with E-state index < -0.39 is 0 Å². The number of aryl methyl sites for hydroxylation is 1. The molecule has 0 fully saturated rings. The fourth-order valence-corrected chi connectivity index (χ4v) is 3.20. The number of imidazole rings is 1. The highest BCUT2D eigenvalue weighted by atomic mass is 35.5. The third kappa shape index (κ3) is 4.68. The van der Waals surface area contributed by atoms with Gasteiger partial charge >= 0.3 is 0 Å². The molecule has 27 heavy (non-hydrogen) atoms. The van der Waals surface area contributed by atoms with Crippen LogP contribution in [0, 0.1) is 6.92 Å². The van der Waals surface area contributed by atoms with Crippen molar-refractivity contribution in [3.8, 4) is 0 Å². The third-order valence-corrected chi connectivity index (χ3v) is 4.62. The molecule has 2 heterocycles. The Kier molecular flexibility index (Phi) is 6.14. The topological polar surface area (TPSA) is 49.6 Å². The van der Waals surface area contributed by atoms with Crippen LogP contribution < -0.4 is 10.2 Å². The van der Waals surface area contributed by atoms with Crippen LogP contribution in [0.25, 0.3) is 11.7 Å². The summed E-state index contributed by atoms with van der Waals surface area (Å²) in [6.07, 6.45) is 5.05. The van der Waals surface area contributed by atoms with Gasteiger partial charge in [-0.15, -0.1) is 0 Å². The molecule has 0 radical (unpaired) electrons. The van der Waals surface area contributed by atoms with E-state index in [-0.39, 0.29) is 5.91 Å². The number of pyridine rings is 1. The molecule has 0 saturated carbocycles. The van der Waals surface area contributed by atoms with Gasteiger partial charge in [-0.3, -0.25) is 9.20 Å². The van der Waals surface area contributed by atoms with Crippen molar-refractivity contribution in [1.29, 1.82) is 0 Å². The second-order valence-electron chi connectivity index (χ2n) is 6.26. The van der Waals surface area contributed by atoms with E-state index in [1.807, 2.05) is 34.9 Å². The molecule has 0 bridgehead atoms. The Bertz CT molecular complexity index is 964. The van der Waals surface area contributed by atoms with E-state index >= 15 is 0 Å². The molecule has 3 rings (SSSR count). The number of aromatic nitrogens is 2. The Labute approximate surface area is 164 Å². The van der Waals surface area contributed by atoms with E-state index in [4.69, 9.17) is 11.6 Å². The summed E-state index contributed by atoms with van der Waals surface area (Å²) in [5, 5.41) is 3.30. The molecule has 6 heteroatoms. The third-order valence-electron chi connectivity index (χ3n) is 4.34. The molecule has 3 aromatic rings. The summed E-state index contributed by atoms with van der Waals surface area (Å²) in [5.41, 5.74) is 3.83. The molecule has 1 amide bonds. The summed E-state index contributed by atoms with van der Waals surface area (Å²) in [6.45, 7) is 6.38. The Hall–Kier alpha value is -2.79. The van der Waals surface area contributed by atoms with E-state index in [2.05, 4.69) is 47.2 Å². The minimum absolute atomic E-state index is 0.155. The van der Waals surface area contributed by atoms with Gasteiger partial charge in [0.1, 0.15) is 5.65 Å². The summed E-state index contributed by atoms with van der Waals surface area (Å²) in [4.78, 5) is 18.7. The first-order valence-electron chi connectivity index (χ1n) is 8.98. The molecule has 0 aliphatic carbocycles. The van der Waals surface area contributed by atoms with Crippen LogP contribution in [0.1, 0.15) is 18.2 Å². The van der Waals surface area contributed by atoms with Crippen LogP contribution in [0.15, 0.2) is 54.7 Å². The molecule has 0 atom stereocenters. The zero-order valence-electron chi connectivity index (χ0n) is 15.5. The highest BCUT2D eigenvalue weighted by Crippen LogP contribution is 2.19. The zero-order valence-corrected chi connectivity index (χ0v) is 16.3. The Morgan fingerprint density at radius 2 is 2.15 bits per heavy atom. The number of hydrogen-bond donors (Lipinski definition) is 1. The second-order valence-corrected chi connectivity index (χ2v) is 6.62. The van der Waals surface area contributed by atoms with Crippen molar-refractivity contribution in [2.24, 2.45) is 0 Å². The summed E-state index contributed by atoms with van der Waals surface area (Å²) in [7, 11) is 0. The lowest BCUT2D eigenvalue weighted by Crippen LogP contribution is -2.34. The molecule has 5 nitrogen and oxygen atoms in total. The minimum atomic E-state index is -0.155. The van der Waals surface area contributed by atoms with Gasteiger partial charge in [-0.2, -0.15) is 0 Å². The van der Waals surface area contributed by atoms with Crippen LogP contribution in [0.5, 0.6) is 0 Å². The van der Waals surface area contributed by atoms with Crippen molar-refractivity contribution in [3.05, 3.63) is 71.1 Å². The first kappa shape index (κ1) is 19.0. The monoisotopic (exact) mass is 382 g/mol. The fourth-order valence-electron chi connectivity index (χ4n) is 2.96. The van der Waals surface area contributed by atoms with Crippen LogP contribution in [-0.4, -0.2) is 34.9 Å². The van der Waals surface area contributed by atoms with Crippen LogP contribution >= 0.6 is 11.6 Å². The predicted octanol–water partition coefficient (Wildman–Crippen LogP) is 3.95. The highest BCUT2D eigenvalue weighted by Gasteiger charge is 2.08. The number of halogens is 1. The first-order valence-corrected chi connectivity index (χ1v) is 9.36. The molecular formula is C21H23ClN4O. The maximum Gasteiger partial charge on any atom is 0.244 e. The molecule has 0 aliphatic rings. The van der Waals surface area contributed by atoms with Crippen molar-refractivity contribution in [3.63, 3.8) is 0 Å². The molecule has 140 valence electrons. The summed E-state index contributed by atoms with van der Waals surface area (Å²) < 4.78 is 1.85. The number of benzene rings is 1. The summed E-state index contributed by atoms with van der Waals surface area (Å²) >= 11 is 6.17. The van der Waals surface area contributed by atoms with Gasteiger partial charge in [-0.1, -0.05) is 29.8 Å². The number of nitrogens with one attached hydrogen (secondary N) is 1. The Balaban J connectivity index is 1.57. The largest absolute Gasteiger partial charge is 0.370 e. The van der Waals surface area contributed by atoms with Gasteiger partial charge in [0.25, 0.3) is 0 Å². The maximum atomic E-state index is 12.2. The maximum absolute atomic E-state index is 12.2. The number of hydrogen-bond acceptors (Lipinski definition) is 3. The number of anilines is 1. The molecule has 0 unspecified atom stereocenters. The van der Waals surface area contributed by atoms with E-state index in [0.717, 1.165) is 18.7 Å². The molecule has 0 saturated heterocycles. The SMILES string of the molecule is CCN(CCNC(=O)/C=C/c1c(Cl)nc2ccccn12)c1cccc(C)c1. The van der Waals surface area contributed by atoms with E-state index in [1.165, 1.54) is 17.3 Å². The number of amides is 1. The molecule has 0 aliphatic heterocycles. The van der Waals surface area contributed by atoms with Crippen LogP contribution in [0.3, 0.4) is 0 Å². The van der Waals surface area contributed by atoms with Crippen molar-refractivity contribution in [2.45, 2.75) is 13.8 Å². The van der Waals surface area contributed by atoms with Crippen molar-refractivity contribution >= 4 is 34.9 Å². The van der Waals surface area contributed by atoms with Crippen molar-refractivity contribution in [1.82, 2.24) is 14.7 Å². The van der Waals surface area contributed by atoms with Gasteiger partial charge in [0.15, 0.2) is 5.15 Å². The number of fused-ring (bicyclic) bond motifs is 1. The quantitative estimate of drug-likeness (QED) is 0.629. The predicted molar refractivity (Wildman–Crippen MR) is 111 cm³/mol. The first-order chi connectivity index (χ1) is 13.1. The number of carbonyl (C=O) groups excluding carboxylic acids is 1. The van der Waals surface area contributed by atoms with Crippen LogP contribution in [-0.2, 0) is 4.79 Å². The minimum Gasteiger partial charge on any atom is -0.370 e. The molecule has 1 aromatic carbocycles. The van der Waals surface area contributed by atoms with Crippen molar-refractivity contribution < 1.29 is 4.79 Å². The number of carbonyl (C=O) groups is 1. The standard InChI is InChI=1S/C21H23ClN4O/c1-3-25(17-8-6-7-16(2)15-17)14-12-23-20(27)11-10-18-21(22)24-19-9-4-5-13-26(18)19/h4-11,13,15H,3,12,14H2,1-2H3,(H,23,27)/b11-10+. The average Bonchev–Trinajstić information content (AvgIpc) is 2.98. The fraction of sp³-hybridized carbons (Fsp3) is 0.238. The Morgan fingerprint density at radius 3 is 2.93 bits per heavy atom. The normalized spacial score (nSPS) is 11.2. The zero-order chi connectivity index (χ0) is 19.2. The van der Waals surface area contributed by atoms with E-state index in [9.17, 15) is 4.79 Å². The molecule has 0 spiro atoms. The lowest BCUT2D eigenvalue weighted by molar-refractivity contribution is -0.116. The molecular weight excluding hydrogens is 360 g/mol. The van der Waals surface area contributed by atoms with Gasteiger partial charge in [-0.25, -0.2) is 4.98 Å². The van der Waals surface area contributed by atoms with Gasteiger partial charge in [0.2, 0.25) is 5.91 Å². The average molecular weight is 383 g/mol. The van der Waals surface area contributed by atoms with Gasteiger partial charge < -0.3 is 10.2 Å². The number of likely N-dealkylation sites (N-methyl/N-ethyl adjacent to an activating group) is 1. The molecule has 2 aromatic heterocycles. The Morgan fingerprint density at radius 1 is 1.30 bits per heavy atom. The highest BCUT2D eigenvalue weighted by molar-refractivity contribution is 6.31. The second kappa shape index (κ2) is 8.73. The summed E-state index contributed by atoms with van der Waals surface area (Å²) in [5.74, 6) is -0.155. The van der Waals surface area contributed by atoms with Crippen LogP contribution in [0.2, 0.25) is 5.15 Å². The van der Waals surface area contributed by atoms with E-state index in [1.54, 1.807) is 6.08 Å². The van der Waals surface area contributed by atoms with Crippen molar-refractivity contribution in [2.75, 3.05) is 24.5 Å². The lowest BCUT2D eigenvalue weighted by atomic mass is 10.2. The number of rotatable bonds is 7. The van der Waals surface area contributed by atoms with Gasteiger partial charge in [-0.05, 0) is 49.8 Å². The van der Waals surface area contributed by atoms with E-state index in [0.29, 0.717) is 17.4 Å². The van der Waals surface area contributed by atoms with Crippen LogP contribution in [0.4, 0.5) is 5.69 Å². The van der Waals surface area contributed by atoms with Gasteiger partial charge in [0.05, 0.1) is 5.69 Å². The van der Waals surface area contributed by atoms with Gasteiger partial charge in [0, 0.05) is 37.6 Å².